The number of nitrogens with two attached hydrogens (primary N) is 1. The molecule has 1 aromatic heterocycles. The molecule has 1 aromatic carbocycles. The van der Waals surface area contributed by atoms with E-state index in [-0.39, 0.29) is 0 Å². The third-order valence-corrected chi connectivity index (χ3v) is 5.20. The topological polar surface area (TPSA) is 91.6 Å². The van der Waals surface area contributed by atoms with Gasteiger partial charge in [-0.25, -0.2) is 4.18 Å². The molecule has 1 unspecified atom stereocenters. The number of likely N-dealkylation sites (N-methyl/N-ethyl adjacent to an activating group) is 1. The van der Waals surface area contributed by atoms with Gasteiger partial charge in [-0.15, -0.1) is 0 Å². The lowest BCUT2D eigenvalue weighted by molar-refractivity contribution is 0.100. The third-order valence-electron chi connectivity index (χ3n) is 4.71. The molecule has 1 aliphatic heterocycles. The van der Waals surface area contributed by atoms with Crippen molar-refractivity contribution >= 4 is 22.3 Å². The van der Waals surface area contributed by atoms with Crippen molar-refractivity contribution in [1.82, 2.24) is 9.88 Å². The monoisotopic (exact) mass is 337 g/mol. The standard InChI is InChI=1S/C16H23N3O3S/c1-16(17,22-23(20)21)12-5-6-15-14(9-12)11(10-18-15)8-13-4-3-7-19(13)2/h5-6,9-10,13,18H,3-4,7-8,17H2,1-2H3,(H,20,21)/t13-,16-/m1/s1. The van der Waals surface area contributed by atoms with Gasteiger partial charge in [-0.3, -0.25) is 10.3 Å². The molecule has 0 saturated carbocycles. The number of likely N-dealkylation sites (tertiary alicyclic amines) is 1. The maximum atomic E-state index is 10.9. The highest BCUT2D eigenvalue weighted by Gasteiger charge is 2.27. The summed E-state index contributed by atoms with van der Waals surface area (Å²) in [7, 11) is 2.17. The van der Waals surface area contributed by atoms with Gasteiger partial charge in [0.15, 0.2) is 5.72 Å². The second-order valence-electron chi connectivity index (χ2n) is 6.46. The molecule has 126 valence electrons. The minimum atomic E-state index is -2.41. The largest absolute Gasteiger partial charge is 0.361 e. The second kappa shape index (κ2) is 6.33. The minimum Gasteiger partial charge on any atom is -0.361 e. The number of nitrogens with zero attached hydrogens (tertiary/aromatic N) is 1. The van der Waals surface area contributed by atoms with Gasteiger partial charge in [-0.05, 0) is 57.5 Å². The van der Waals surface area contributed by atoms with E-state index < -0.39 is 17.1 Å². The summed E-state index contributed by atoms with van der Waals surface area (Å²) >= 11 is -2.41. The summed E-state index contributed by atoms with van der Waals surface area (Å²) in [6, 6.07) is 6.25. The van der Waals surface area contributed by atoms with Crippen LogP contribution in [0.3, 0.4) is 0 Å². The first kappa shape index (κ1) is 16.6. The molecule has 0 spiro atoms. The first-order valence-corrected chi connectivity index (χ1v) is 8.80. The fourth-order valence-electron chi connectivity index (χ4n) is 3.34. The smallest absolute Gasteiger partial charge is 0.304 e. The Kier molecular flexibility index (Phi) is 4.57. The molecule has 1 aliphatic rings. The number of aromatic amines is 1. The fourth-order valence-corrected chi connectivity index (χ4v) is 3.74. The maximum absolute atomic E-state index is 10.9. The number of benzene rings is 1. The molecule has 2 heterocycles. The van der Waals surface area contributed by atoms with Crippen LogP contribution >= 0.6 is 0 Å². The molecule has 0 radical (unpaired) electrons. The van der Waals surface area contributed by atoms with Gasteiger partial charge in [0.25, 0.3) is 0 Å². The van der Waals surface area contributed by atoms with Crippen LogP contribution < -0.4 is 5.73 Å². The van der Waals surface area contributed by atoms with Crippen molar-refractivity contribution in [2.45, 2.75) is 38.0 Å². The number of nitrogens with one attached hydrogen (secondary N) is 1. The number of hydrogen-bond donors (Lipinski definition) is 3. The molecule has 3 rings (SSSR count). The van der Waals surface area contributed by atoms with E-state index in [1.807, 2.05) is 24.4 Å². The predicted molar refractivity (Wildman–Crippen MR) is 91.1 cm³/mol. The number of fused-ring (bicyclic) bond motifs is 1. The third kappa shape index (κ3) is 3.49. The molecule has 7 heteroatoms. The van der Waals surface area contributed by atoms with Gasteiger partial charge in [0.2, 0.25) is 0 Å². The number of rotatable bonds is 5. The average molecular weight is 337 g/mol. The Morgan fingerprint density at radius 1 is 1.57 bits per heavy atom. The van der Waals surface area contributed by atoms with Crippen LogP contribution in [0.1, 0.15) is 30.9 Å². The van der Waals surface area contributed by atoms with Crippen molar-refractivity contribution < 1.29 is 12.9 Å². The van der Waals surface area contributed by atoms with Crippen LogP contribution in [0.4, 0.5) is 0 Å². The van der Waals surface area contributed by atoms with Gasteiger partial charge in [-0.1, -0.05) is 6.07 Å². The van der Waals surface area contributed by atoms with E-state index in [4.69, 9.17) is 14.5 Å². The number of H-pyrrole nitrogens is 1. The Labute approximate surface area is 138 Å². The zero-order valence-electron chi connectivity index (χ0n) is 13.4. The van der Waals surface area contributed by atoms with Crippen LogP contribution in [-0.4, -0.2) is 38.3 Å². The van der Waals surface area contributed by atoms with Gasteiger partial charge >= 0.3 is 11.4 Å². The molecule has 0 aliphatic carbocycles. The second-order valence-corrected chi connectivity index (χ2v) is 7.06. The lowest BCUT2D eigenvalue weighted by atomic mass is 9.99. The van der Waals surface area contributed by atoms with E-state index in [1.54, 1.807) is 6.92 Å². The van der Waals surface area contributed by atoms with E-state index in [0.29, 0.717) is 11.6 Å². The van der Waals surface area contributed by atoms with Crippen LogP contribution in [0.25, 0.3) is 10.9 Å². The van der Waals surface area contributed by atoms with E-state index in [2.05, 4.69) is 16.9 Å². The summed E-state index contributed by atoms with van der Waals surface area (Å²) in [6.07, 6.45) is 5.48. The van der Waals surface area contributed by atoms with Crippen molar-refractivity contribution in [2.24, 2.45) is 5.73 Å². The quantitative estimate of drug-likeness (QED) is 0.574. The normalized spacial score (nSPS) is 23.2. The zero-order valence-corrected chi connectivity index (χ0v) is 14.2. The molecule has 0 bridgehead atoms. The highest BCUT2D eigenvalue weighted by atomic mass is 32.2. The molecule has 2 aromatic rings. The number of hydrogen-bond acceptors (Lipinski definition) is 4. The lowest BCUT2D eigenvalue weighted by Gasteiger charge is -2.23. The van der Waals surface area contributed by atoms with Crippen molar-refractivity contribution in [3.8, 4) is 0 Å². The minimum absolute atomic E-state index is 0.558. The van der Waals surface area contributed by atoms with E-state index in [0.717, 1.165) is 23.9 Å². The van der Waals surface area contributed by atoms with Gasteiger partial charge in [0.05, 0.1) is 0 Å². The van der Waals surface area contributed by atoms with Crippen LogP contribution in [0.5, 0.6) is 0 Å². The van der Waals surface area contributed by atoms with Crippen molar-refractivity contribution in [3.05, 3.63) is 35.5 Å². The number of aromatic nitrogens is 1. The summed E-state index contributed by atoms with van der Waals surface area (Å²) in [6.45, 7) is 2.73. The van der Waals surface area contributed by atoms with Gasteiger partial charge in [-0.2, -0.15) is 4.21 Å². The summed E-state index contributed by atoms with van der Waals surface area (Å²) in [5.41, 5.74) is 7.67. The Bertz CT molecular complexity index is 728. The zero-order chi connectivity index (χ0) is 16.6. The first-order valence-electron chi connectivity index (χ1n) is 7.77. The molecule has 6 nitrogen and oxygen atoms in total. The lowest BCUT2D eigenvalue weighted by Crippen LogP contribution is -2.36. The predicted octanol–water partition coefficient (Wildman–Crippen LogP) is 2.09. The van der Waals surface area contributed by atoms with E-state index in [9.17, 15) is 4.21 Å². The summed E-state index contributed by atoms with van der Waals surface area (Å²) in [5, 5.41) is 1.09. The van der Waals surface area contributed by atoms with Crippen LogP contribution in [0, 0.1) is 0 Å². The van der Waals surface area contributed by atoms with Gasteiger partial charge < -0.3 is 9.88 Å². The summed E-state index contributed by atoms with van der Waals surface area (Å²) in [4.78, 5) is 5.68. The van der Waals surface area contributed by atoms with Gasteiger partial charge in [0, 0.05) is 28.7 Å². The average Bonchev–Trinajstić information content (AvgIpc) is 3.05. The highest BCUT2D eigenvalue weighted by molar-refractivity contribution is 7.74. The van der Waals surface area contributed by atoms with Crippen LogP contribution in [-0.2, 0) is 27.7 Å². The molecular formula is C16H23N3O3S. The molecule has 3 atom stereocenters. The van der Waals surface area contributed by atoms with Gasteiger partial charge in [0.1, 0.15) is 0 Å². The Balaban J connectivity index is 1.92. The van der Waals surface area contributed by atoms with Crippen LogP contribution in [0.2, 0.25) is 0 Å². The van der Waals surface area contributed by atoms with E-state index in [1.165, 1.54) is 18.4 Å². The van der Waals surface area contributed by atoms with Crippen LogP contribution in [0.15, 0.2) is 24.4 Å². The summed E-state index contributed by atoms with van der Waals surface area (Å²) < 4.78 is 24.8. The maximum Gasteiger partial charge on any atom is 0.304 e. The SMILES string of the molecule is CN1CCC[C@@H]1Cc1c[nH]c2ccc([C@](C)(N)OS(=O)O)cc12. The molecule has 4 N–H and O–H groups in total. The molecular weight excluding hydrogens is 314 g/mol. The highest BCUT2D eigenvalue weighted by Crippen LogP contribution is 2.29. The molecule has 1 saturated heterocycles. The fraction of sp³-hybridized carbons (Fsp3) is 0.500. The Morgan fingerprint density at radius 2 is 2.35 bits per heavy atom. The molecule has 23 heavy (non-hydrogen) atoms. The summed E-state index contributed by atoms with van der Waals surface area (Å²) in [5.74, 6) is 0. The Morgan fingerprint density at radius 3 is 3.00 bits per heavy atom. The van der Waals surface area contributed by atoms with Crippen molar-refractivity contribution in [3.63, 3.8) is 0 Å². The molecule has 0 amide bonds. The van der Waals surface area contributed by atoms with Crippen molar-refractivity contribution in [1.29, 1.82) is 0 Å². The van der Waals surface area contributed by atoms with Crippen molar-refractivity contribution in [2.75, 3.05) is 13.6 Å². The Hall–Kier alpha value is -1.25. The first-order chi connectivity index (χ1) is 10.9. The molecule has 1 fully saturated rings. The van der Waals surface area contributed by atoms with E-state index >= 15 is 0 Å².